The summed E-state index contributed by atoms with van der Waals surface area (Å²) in [5.74, 6) is 2.77. The van der Waals surface area contributed by atoms with Crippen LogP contribution in [0.2, 0.25) is 0 Å². The van der Waals surface area contributed by atoms with Gasteiger partial charge in [0.2, 0.25) is 0 Å². The molecule has 1 aliphatic rings. The van der Waals surface area contributed by atoms with E-state index in [1.807, 2.05) is 16.8 Å². The van der Waals surface area contributed by atoms with Gasteiger partial charge in [-0.05, 0) is 25.1 Å². The summed E-state index contributed by atoms with van der Waals surface area (Å²) in [6.07, 6.45) is 6.06. The number of aromatic nitrogens is 6. The van der Waals surface area contributed by atoms with Crippen molar-refractivity contribution in [1.82, 2.24) is 29.7 Å². The molecule has 0 aromatic carbocycles. The summed E-state index contributed by atoms with van der Waals surface area (Å²) < 4.78 is 2.01. The molecule has 4 aromatic rings. The van der Waals surface area contributed by atoms with Gasteiger partial charge in [-0.25, -0.2) is 19.6 Å². The molecule has 0 atom stereocenters. The van der Waals surface area contributed by atoms with Crippen molar-refractivity contribution >= 4 is 27.4 Å². The first-order chi connectivity index (χ1) is 12.8. The zero-order valence-electron chi connectivity index (χ0n) is 14.3. The molecule has 5 rings (SSSR count). The maximum absolute atomic E-state index is 4.73. The first kappa shape index (κ1) is 15.4. The number of hydrogen-bond donors (Lipinski definition) is 0. The summed E-state index contributed by atoms with van der Waals surface area (Å²) in [4.78, 5) is 22.5. The van der Waals surface area contributed by atoms with E-state index >= 15 is 0 Å². The van der Waals surface area contributed by atoms with Crippen molar-refractivity contribution in [2.45, 2.75) is 19.9 Å². The molecule has 5 heterocycles. The van der Waals surface area contributed by atoms with Gasteiger partial charge in [-0.3, -0.25) is 4.98 Å². The van der Waals surface area contributed by atoms with Crippen molar-refractivity contribution in [2.75, 3.05) is 18.0 Å². The van der Waals surface area contributed by atoms with Gasteiger partial charge in [0.15, 0.2) is 5.82 Å². The third-order valence-corrected chi connectivity index (χ3v) is 5.54. The molecule has 0 aliphatic carbocycles. The Hall–Kier alpha value is -2.87. The van der Waals surface area contributed by atoms with Crippen molar-refractivity contribution in [3.63, 3.8) is 0 Å². The van der Waals surface area contributed by atoms with Crippen LogP contribution in [-0.4, -0.2) is 42.8 Å². The molecule has 0 radical (unpaired) electrons. The molecular formula is C18H17N7S. The van der Waals surface area contributed by atoms with Gasteiger partial charge in [0.25, 0.3) is 0 Å². The van der Waals surface area contributed by atoms with Crippen molar-refractivity contribution < 1.29 is 0 Å². The van der Waals surface area contributed by atoms with Gasteiger partial charge in [0, 0.05) is 42.3 Å². The molecule has 0 unspecified atom stereocenters. The third kappa shape index (κ3) is 2.62. The minimum absolute atomic E-state index is 0.749. The summed E-state index contributed by atoms with van der Waals surface area (Å²) in [6.45, 7) is 4.62. The predicted octanol–water partition coefficient (Wildman–Crippen LogP) is 2.72. The monoisotopic (exact) mass is 363 g/mol. The van der Waals surface area contributed by atoms with E-state index in [-0.39, 0.29) is 0 Å². The van der Waals surface area contributed by atoms with Crippen LogP contribution < -0.4 is 4.90 Å². The lowest BCUT2D eigenvalue weighted by Gasteiger charge is -2.21. The highest BCUT2D eigenvalue weighted by molar-refractivity contribution is 7.18. The van der Waals surface area contributed by atoms with Gasteiger partial charge in [-0.2, -0.15) is 5.10 Å². The second kappa shape index (κ2) is 6.14. The lowest BCUT2D eigenvalue weighted by molar-refractivity contribution is 0.610. The number of hydrogen-bond acceptors (Lipinski definition) is 7. The summed E-state index contributed by atoms with van der Waals surface area (Å²) in [5.41, 5.74) is 0.955. The molecule has 26 heavy (non-hydrogen) atoms. The minimum Gasteiger partial charge on any atom is -0.354 e. The Labute approximate surface area is 154 Å². The molecule has 130 valence electrons. The van der Waals surface area contributed by atoms with E-state index in [1.54, 1.807) is 30.1 Å². The fourth-order valence-corrected chi connectivity index (χ4v) is 4.19. The third-order valence-electron chi connectivity index (χ3n) is 4.59. The van der Waals surface area contributed by atoms with Crippen molar-refractivity contribution in [1.29, 1.82) is 0 Å². The molecule has 4 aromatic heterocycles. The number of anilines is 1. The highest BCUT2D eigenvalue weighted by Crippen LogP contribution is 2.30. The van der Waals surface area contributed by atoms with E-state index in [2.05, 4.69) is 37.9 Å². The molecule has 7 nitrogen and oxygen atoms in total. The fourth-order valence-electron chi connectivity index (χ4n) is 3.35. The van der Waals surface area contributed by atoms with Crippen LogP contribution in [0.5, 0.6) is 0 Å². The van der Waals surface area contributed by atoms with Gasteiger partial charge in [0.05, 0.1) is 11.9 Å². The van der Waals surface area contributed by atoms with E-state index in [1.165, 1.54) is 4.88 Å². The molecule has 1 aliphatic heterocycles. The van der Waals surface area contributed by atoms with Gasteiger partial charge < -0.3 is 4.90 Å². The van der Waals surface area contributed by atoms with Crippen LogP contribution >= 0.6 is 11.3 Å². The van der Waals surface area contributed by atoms with Crippen LogP contribution in [-0.2, 0) is 13.0 Å². The molecule has 0 spiro atoms. The quantitative estimate of drug-likeness (QED) is 0.545. The Morgan fingerprint density at radius 1 is 1.15 bits per heavy atom. The van der Waals surface area contributed by atoms with Crippen LogP contribution in [0.4, 0.5) is 5.82 Å². The predicted molar refractivity (Wildman–Crippen MR) is 101 cm³/mol. The van der Waals surface area contributed by atoms with E-state index in [0.29, 0.717) is 0 Å². The van der Waals surface area contributed by atoms with E-state index in [0.717, 1.165) is 59.3 Å². The van der Waals surface area contributed by atoms with Gasteiger partial charge in [-0.1, -0.05) is 0 Å². The molecule has 0 saturated heterocycles. The number of aryl methyl sites for hydroxylation is 1. The Morgan fingerprint density at radius 2 is 2.12 bits per heavy atom. The second-order valence-corrected chi connectivity index (χ2v) is 7.56. The Balaban J connectivity index is 1.43. The van der Waals surface area contributed by atoms with E-state index in [9.17, 15) is 0 Å². The summed E-state index contributed by atoms with van der Waals surface area (Å²) in [5, 5.41) is 5.82. The maximum Gasteiger partial charge on any atom is 0.182 e. The normalized spacial score (nSPS) is 14.4. The van der Waals surface area contributed by atoms with Crippen molar-refractivity contribution in [3.05, 3.63) is 47.6 Å². The van der Waals surface area contributed by atoms with Gasteiger partial charge in [-0.15, -0.1) is 11.3 Å². The Kier molecular flexibility index (Phi) is 3.63. The summed E-state index contributed by atoms with van der Waals surface area (Å²) in [7, 11) is 0. The van der Waals surface area contributed by atoms with Crippen molar-refractivity contribution in [3.8, 4) is 11.4 Å². The Bertz CT molecular complexity index is 1040. The fraction of sp³-hybridized carbons (Fsp3) is 0.278. The first-order valence-corrected chi connectivity index (χ1v) is 9.40. The average molecular weight is 363 g/mol. The number of fused-ring (bicyclic) bond motifs is 2. The first-order valence-electron chi connectivity index (χ1n) is 8.58. The standard InChI is InChI=1S/C18H17N7S/c1-12-9-14-17(20-11-21-18(14)26-12)24-6-4-15-22-16(23-25(15)8-7-24)13-3-2-5-19-10-13/h2-3,5,9-11H,4,6-8H2,1H3. The summed E-state index contributed by atoms with van der Waals surface area (Å²) in [6, 6.07) is 6.08. The molecule has 0 N–H and O–H groups in total. The highest BCUT2D eigenvalue weighted by Gasteiger charge is 2.21. The average Bonchev–Trinajstić information content (AvgIpc) is 3.20. The summed E-state index contributed by atoms with van der Waals surface area (Å²) >= 11 is 1.71. The van der Waals surface area contributed by atoms with Gasteiger partial charge >= 0.3 is 0 Å². The highest BCUT2D eigenvalue weighted by atomic mass is 32.1. The van der Waals surface area contributed by atoms with Crippen LogP contribution in [0.15, 0.2) is 36.9 Å². The maximum atomic E-state index is 4.73. The Morgan fingerprint density at radius 3 is 3.00 bits per heavy atom. The van der Waals surface area contributed by atoms with Crippen LogP contribution in [0.25, 0.3) is 21.6 Å². The minimum atomic E-state index is 0.749. The lowest BCUT2D eigenvalue weighted by Crippen LogP contribution is -2.27. The van der Waals surface area contributed by atoms with Crippen LogP contribution in [0.3, 0.4) is 0 Å². The van der Waals surface area contributed by atoms with Gasteiger partial charge in [0.1, 0.15) is 22.8 Å². The van der Waals surface area contributed by atoms with Crippen LogP contribution in [0.1, 0.15) is 10.7 Å². The zero-order valence-corrected chi connectivity index (χ0v) is 15.1. The number of nitrogens with zero attached hydrogens (tertiary/aromatic N) is 7. The second-order valence-electron chi connectivity index (χ2n) is 6.33. The van der Waals surface area contributed by atoms with Crippen LogP contribution in [0, 0.1) is 6.92 Å². The topological polar surface area (TPSA) is 72.6 Å². The molecule has 0 amide bonds. The van der Waals surface area contributed by atoms with E-state index < -0.39 is 0 Å². The SMILES string of the molecule is Cc1cc2c(N3CCc4nc(-c5cccnc5)nn4CC3)ncnc2s1. The van der Waals surface area contributed by atoms with Crippen molar-refractivity contribution in [2.24, 2.45) is 0 Å². The largest absolute Gasteiger partial charge is 0.354 e. The number of thiophene rings is 1. The molecule has 0 saturated carbocycles. The molecule has 8 heteroatoms. The number of pyridine rings is 1. The molecular weight excluding hydrogens is 346 g/mol. The van der Waals surface area contributed by atoms with E-state index in [4.69, 9.17) is 4.98 Å². The molecule has 0 bridgehead atoms. The molecule has 0 fully saturated rings. The smallest absolute Gasteiger partial charge is 0.182 e. The number of rotatable bonds is 2. The zero-order chi connectivity index (χ0) is 17.5. The lowest BCUT2D eigenvalue weighted by atomic mass is 10.3.